The van der Waals surface area contributed by atoms with Crippen molar-refractivity contribution in [1.82, 2.24) is 4.57 Å². The first kappa shape index (κ1) is 54.4. The minimum absolute atomic E-state index is 0.0146. The molecule has 0 atom stereocenters. The van der Waals surface area contributed by atoms with Crippen LogP contribution in [-0.4, -0.2) is 11.3 Å². The molecule has 11 aromatic rings. The molecular weight excluding hydrogens is 1040 g/mol. The van der Waals surface area contributed by atoms with E-state index in [0.717, 1.165) is 22.7 Å². The number of anilines is 9. The van der Waals surface area contributed by atoms with Crippen molar-refractivity contribution in [1.29, 1.82) is 0 Å². The van der Waals surface area contributed by atoms with Gasteiger partial charge in [0.15, 0.2) is 0 Å². The topological polar surface area (TPSA) is 14.7 Å². The van der Waals surface area contributed by atoms with Gasteiger partial charge >= 0.3 is 0 Å². The SMILES string of the molecule is CC(C)(C)c1ccc(N(c2ccc(C(C)(C)C)cc2)c2ccc3c(c2)N(c2ccc4c(c2)sc2ccccc24)c2cc(C(C)(C)C)cc4c2B3c2cc(C(C)(C)C)cc3c2N4c2cc(C(C)(C)C)cc4c5cc(C(C)(C)C)ccc5n-3c24)cc1. The third kappa shape index (κ3) is 8.42. The summed E-state index contributed by atoms with van der Waals surface area (Å²) in [4.78, 5) is 7.88. The number of nitrogens with zero attached hydrogens (tertiary/aromatic N) is 4. The predicted octanol–water partition coefficient (Wildman–Crippen LogP) is 20.8. The van der Waals surface area contributed by atoms with E-state index in [4.69, 9.17) is 0 Å². The molecule has 0 saturated heterocycles. The van der Waals surface area contributed by atoms with Gasteiger partial charge in [0, 0.05) is 70.8 Å². The van der Waals surface area contributed by atoms with Crippen LogP contribution in [-0.2, 0) is 32.5 Å². The summed E-state index contributed by atoms with van der Waals surface area (Å²) >= 11 is 1.90. The van der Waals surface area contributed by atoms with Gasteiger partial charge in [-0.05, 0) is 179 Å². The summed E-state index contributed by atoms with van der Waals surface area (Å²) in [5.41, 5.74) is 26.1. The van der Waals surface area contributed by atoms with Crippen LogP contribution >= 0.6 is 11.3 Å². The highest BCUT2D eigenvalue weighted by Gasteiger charge is 2.48. The Bertz CT molecular complexity index is 4490. The van der Waals surface area contributed by atoms with Gasteiger partial charge in [-0.15, -0.1) is 11.3 Å². The van der Waals surface area contributed by atoms with Crippen molar-refractivity contribution in [2.75, 3.05) is 14.7 Å². The third-order valence-corrected chi connectivity index (χ3v) is 19.9. The number of thiophene rings is 1. The Morgan fingerprint density at radius 3 is 1.45 bits per heavy atom. The van der Waals surface area contributed by atoms with Gasteiger partial charge in [0.1, 0.15) is 0 Å². The molecule has 0 amide bonds. The maximum Gasteiger partial charge on any atom is 0.252 e. The molecule has 2 aromatic heterocycles. The van der Waals surface area contributed by atoms with Gasteiger partial charge in [0.05, 0.1) is 28.1 Å². The monoisotopic (exact) mass is 1120 g/mol. The molecule has 0 N–H and O–H groups in total. The summed E-state index contributed by atoms with van der Waals surface area (Å²) in [6, 6.07) is 65.0. The fourth-order valence-electron chi connectivity index (χ4n) is 13.8. The van der Waals surface area contributed by atoms with Gasteiger partial charge in [-0.25, -0.2) is 0 Å². The number of aromatic nitrogens is 1. The zero-order valence-corrected chi connectivity index (χ0v) is 53.7. The van der Waals surface area contributed by atoms with E-state index < -0.39 is 0 Å². The Morgan fingerprint density at radius 1 is 0.345 bits per heavy atom. The fourth-order valence-corrected chi connectivity index (χ4v) is 14.9. The Balaban J connectivity index is 1.12. The fraction of sp³-hybridized carbons (Fsp3) is 0.308. The maximum atomic E-state index is 2.74. The van der Waals surface area contributed by atoms with Gasteiger partial charge in [0.2, 0.25) is 0 Å². The summed E-state index contributed by atoms with van der Waals surface area (Å²) in [5.74, 6) is 0. The van der Waals surface area contributed by atoms with Crippen LogP contribution in [0.2, 0.25) is 0 Å². The van der Waals surface area contributed by atoms with Gasteiger partial charge in [0.25, 0.3) is 6.71 Å². The molecule has 422 valence electrons. The van der Waals surface area contributed by atoms with Gasteiger partial charge in [-0.2, -0.15) is 0 Å². The van der Waals surface area contributed by atoms with Crippen LogP contribution in [0.15, 0.2) is 164 Å². The number of benzene rings is 9. The molecular formula is C78H81BN4S. The molecule has 84 heavy (non-hydrogen) atoms. The molecule has 4 nitrogen and oxygen atoms in total. The molecule has 3 aliphatic heterocycles. The van der Waals surface area contributed by atoms with Crippen LogP contribution in [0, 0.1) is 0 Å². The van der Waals surface area contributed by atoms with Crippen LogP contribution in [0.5, 0.6) is 0 Å². The first-order valence-electron chi connectivity index (χ1n) is 30.6. The Hall–Kier alpha value is -7.54. The van der Waals surface area contributed by atoms with E-state index in [-0.39, 0.29) is 39.2 Å². The average Bonchev–Trinajstić information content (AvgIpc) is 1.14. The molecule has 0 aliphatic carbocycles. The molecule has 0 spiro atoms. The maximum absolute atomic E-state index is 2.74. The largest absolute Gasteiger partial charge is 0.311 e. The minimum Gasteiger partial charge on any atom is -0.311 e. The van der Waals surface area contributed by atoms with E-state index in [1.54, 1.807) is 0 Å². The van der Waals surface area contributed by atoms with Crippen LogP contribution in [0.4, 0.5) is 51.2 Å². The summed E-state index contributed by atoms with van der Waals surface area (Å²) in [5, 5.41) is 5.24. The van der Waals surface area contributed by atoms with Crippen molar-refractivity contribution in [3.8, 4) is 5.69 Å². The van der Waals surface area contributed by atoms with Crippen molar-refractivity contribution in [2.45, 2.75) is 157 Å². The van der Waals surface area contributed by atoms with Crippen LogP contribution < -0.4 is 31.1 Å². The summed E-state index contributed by atoms with van der Waals surface area (Å²) in [6.45, 7) is 42.3. The molecule has 0 radical (unpaired) electrons. The standard InChI is InChI=1S/C78H81BN4S/c1-73(2,3)46-23-28-52(29-24-46)80(53-30-25-47(26-31-53)74(4,5)6)54-33-35-60-63(44-54)81(55-32-34-57-56-21-19-20-22-68(56)84-69(57)45-55)64-40-51(78(16,17)18)41-65-70(64)79(60)61-39-50(77(13,14)15)43-67-72(61)83(65)66-42-49(76(10,11)12)38-59-58-37-48(75(7,8)9)27-36-62(58)82(67)71(59)66/h19-45H,1-18H3. The predicted molar refractivity (Wildman–Crippen MR) is 368 cm³/mol. The van der Waals surface area contributed by atoms with Crippen molar-refractivity contribution < 1.29 is 0 Å². The van der Waals surface area contributed by atoms with E-state index in [0.29, 0.717) is 0 Å². The lowest BCUT2D eigenvalue weighted by Crippen LogP contribution is -2.62. The van der Waals surface area contributed by atoms with E-state index >= 15 is 0 Å². The van der Waals surface area contributed by atoms with Gasteiger partial charge in [-0.3, -0.25) is 0 Å². The summed E-state index contributed by atoms with van der Waals surface area (Å²) < 4.78 is 5.26. The van der Waals surface area contributed by atoms with Crippen molar-refractivity contribution in [3.05, 3.63) is 197 Å². The Kier molecular flexibility index (Phi) is 11.7. The first-order chi connectivity index (χ1) is 39.4. The molecule has 0 fully saturated rings. The number of hydrogen-bond acceptors (Lipinski definition) is 4. The van der Waals surface area contributed by atoms with Crippen molar-refractivity contribution in [3.63, 3.8) is 0 Å². The quantitative estimate of drug-likeness (QED) is 0.163. The smallest absolute Gasteiger partial charge is 0.252 e. The number of hydrogen-bond donors (Lipinski definition) is 0. The minimum atomic E-state index is -0.185. The molecule has 5 heterocycles. The zero-order valence-electron chi connectivity index (χ0n) is 52.9. The van der Waals surface area contributed by atoms with Crippen molar-refractivity contribution in [2.24, 2.45) is 0 Å². The van der Waals surface area contributed by atoms with E-state index in [1.807, 2.05) is 11.3 Å². The lowest BCUT2D eigenvalue weighted by molar-refractivity contribution is 0.589. The lowest BCUT2D eigenvalue weighted by atomic mass is 9.33. The summed E-state index contributed by atoms with van der Waals surface area (Å²) in [7, 11) is 0. The number of fused-ring (bicyclic) bond motifs is 12. The van der Waals surface area contributed by atoms with E-state index in [1.165, 1.54) is 126 Å². The second-order valence-corrected chi connectivity index (χ2v) is 32.0. The number of rotatable bonds is 4. The second-order valence-electron chi connectivity index (χ2n) is 30.9. The zero-order chi connectivity index (χ0) is 59.3. The van der Waals surface area contributed by atoms with E-state index in [2.05, 4.69) is 308 Å². The molecule has 14 rings (SSSR count). The molecule has 3 aliphatic rings. The highest BCUT2D eigenvalue weighted by atomic mass is 32.1. The Morgan fingerprint density at radius 2 is 0.845 bits per heavy atom. The first-order valence-corrected chi connectivity index (χ1v) is 31.4. The molecule has 0 saturated carbocycles. The molecule has 6 heteroatoms. The molecule has 0 bridgehead atoms. The van der Waals surface area contributed by atoms with Crippen molar-refractivity contribution >= 4 is 128 Å². The highest BCUT2D eigenvalue weighted by Crippen LogP contribution is 2.56. The van der Waals surface area contributed by atoms with Crippen LogP contribution in [0.25, 0.3) is 47.7 Å². The average molecular weight is 1120 g/mol. The van der Waals surface area contributed by atoms with Crippen LogP contribution in [0.1, 0.15) is 158 Å². The third-order valence-electron chi connectivity index (χ3n) is 18.8. The van der Waals surface area contributed by atoms with E-state index in [9.17, 15) is 0 Å². The van der Waals surface area contributed by atoms with Crippen LogP contribution in [0.3, 0.4) is 0 Å². The Labute approximate surface area is 503 Å². The second kappa shape index (κ2) is 18.0. The summed E-state index contributed by atoms with van der Waals surface area (Å²) in [6.07, 6.45) is 0. The van der Waals surface area contributed by atoms with Gasteiger partial charge in [-0.1, -0.05) is 191 Å². The molecule has 9 aromatic carbocycles. The normalized spacial score (nSPS) is 14.2. The van der Waals surface area contributed by atoms with Gasteiger partial charge < -0.3 is 19.3 Å². The lowest BCUT2D eigenvalue weighted by Gasteiger charge is -2.47. The molecule has 0 unspecified atom stereocenters. The highest BCUT2D eigenvalue weighted by molar-refractivity contribution is 7.25.